The molecular formula is C15H22N2OS. The molecule has 0 saturated heterocycles. The van der Waals surface area contributed by atoms with Crippen LogP contribution in [-0.4, -0.2) is 17.4 Å². The van der Waals surface area contributed by atoms with E-state index in [1.165, 1.54) is 19.3 Å². The van der Waals surface area contributed by atoms with Gasteiger partial charge in [-0.2, -0.15) is 0 Å². The lowest BCUT2D eigenvalue weighted by Gasteiger charge is -2.11. The van der Waals surface area contributed by atoms with E-state index < -0.39 is 0 Å². The number of anilines is 1. The summed E-state index contributed by atoms with van der Waals surface area (Å²) in [5, 5.41) is 6.88. The van der Waals surface area contributed by atoms with E-state index >= 15 is 0 Å². The summed E-state index contributed by atoms with van der Waals surface area (Å²) < 4.78 is 0. The fourth-order valence-corrected chi connectivity index (χ4v) is 1.96. The fraction of sp³-hybridized carbons (Fsp3) is 0.467. The van der Waals surface area contributed by atoms with Crippen LogP contribution >= 0.6 is 12.2 Å². The molecule has 0 fully saturated rings. The fourth-order valence-electron chi connectivity index (χ4n) is 1.74. The number of hydrogen-bond donors (Lipinski definition) is 2. The summed E-state index contributed by atoms with van der Waals surface area (Å²) in [5.74, 6) is 0.0575. The quantitative estimate of drug-likeness (QED) is 0.453. The van der Waals surface area contributed by atoms with Crippen LogP contribution in [0.15, 0.2) is 24.3 Å². The smallest absolute Gasteiger partial charge is 0.170 e. The third-order valence-electron chi connectivity index (χ3n) is 2.84. The van der Waals surface area contributed by atoms with Gasteiger partial charge < -0.3 is 10.6 Å². The molecule has 0 aliphatic carbocycles. The van der Waals surface area contributed by atoms with Gasteiger partial charge in [0.15, 0.2) is 10.9 Å². The van der Waals surface area contributed by atoms with E-state index in [0.29, 0.717) is 10.7 Å². The van der Waals surface area contributed by atoms with E-state index in [-0.39, 0.29) is 5.78 Å². The van der Waals surface area contributed by atoms with Crippen LogP contribution in [0.5, 0.6) is 0 Å². The van der Waals surface area contributed by atoms with Crippen LogP contribution in [0.1, 0.15) is 49.9 Å². The second-order valence-electron chi connectivity index (χ2n) is 4.58. The molecule has 0 heterocycles. The first-order valence-electron chi connectivity index (χ1n) is 6.79. The maximum absolute atomic E-state index is 11.3. The number of rotatable bonds is 7. The zero-order chi connectivity index (χ0) is 14.1. The highest BCUT2D eigenvalue weighted by atomic mass is 32.1. The summed E-state index contributed by atoms with van der Waals surface area (Å²) in [5.41, 5.74) is 1.54. The Morgan fingerprint density at radius 2 is 2.05 bits per heavy atom. The minimum absolute atomic E-state index is 0.0575. The standard InChI is InChI=1S/C15H22N2OS/c1-3-4-5-6-10-16-15(19)17-14-9-7-8-13(11-14)12(2)18/h7-9,11H,3-6,10H2,1-2H3,(H2,16,17,19). The minimum Gasteiger partial charge on any atom is -0.362 e. The molecule has 0 aliphatic heterocycles. The predicted octanol–water partition coefficient (Wildman–Crippen LogP) is 3.76. The molecule has 0 aromatic heterocycles. The van der Waals surface area contributed by atoms with Gasteiger partial charge in [-0.3, -0.25) is 4.79 Å². The minimum atomic E-state index is 0.0575. The van der Waals surface area contributed by atoms with Gasteiger partial charge in [0.2, 0.25) is 0 Å². The number of hydrogen-bond acceptors (Lipinski definition) is 2. The SMILES string of the molecule is CCCCCCNC(=S)Nc1cccc(C(C)=O)c1. The second kappa shape index (κ2) is 8.64. The first kappa shape index (κ1) is 15.6. The molecule has 0 bridgehead atoms. The molecule has 0 aliphatic rings. The lowest BCUT2D eigenvalue weighted by Crippen LogP contribution is -2.29. The molecule has 0 spiro atoms. The normalized spacial score (nSPS) is 10.0. The Morgan fingerprint density at radius 1 is 1.26 bits per heavy atom. The van der Waals surface area contributed by atoms with Gasteiger partial charge in [0.05, 0.1) is 0 Å². The largest absolute Gasteiger partial charge is 0.362 e. The highest BCUT2D eigenvalue weighted by Gasteiger charge is 2.01. The van der Waals surface area contributed by atoms with E-state index in [4.69, 9.17) is 12.2 Å². The molecule has 104 valence electrons. The van der Waals surface area contributed by atoms with Crippen LogP contribution in [0.2, 0.25) is 0 Å². The van der Waals surface area contributed by atoms with E-state index in [1.54, 1.807) is 13.0 Å². The van der Waals surface area contributed by atoms with Gasteiger partial charge in [0, 0.05) is 17.8 Å². The van der Waals surface area contributed by atoms with Crippen LogP contribution < -0.4 is 10.6 Å². The Morgan fingerprint density at radius 3 is 2.74 bits per heavy atom. The van der Waals surface area contributed by atoms with Crippen molar-refractivity contribution in [1.29, 1.82) is 0 Å². The number of ketones is 1. The van der Waals surface area contributed by atoms with Crippen molar-refractivity contribution in [3.05, 3.63) is 29.8 Å². The molecule has 19 heavy (non-hydrogen) atoms. The van der Waals surface area contributed by atoms with E-state index in [0.717, 1.165) is 18.7 Å². The third-order valence-corrected chi connectivity index (χ3v) is 3.09. The molecule has 0 radical (unpaired) electrons. The Kier molecular flexibility index (Phi) is 7.11. The summed E-state index contributed by atoms with van der Waals surface area (Å²) >= 11 is 5.22. The Bertz CT molecular complexity index is 432. The zero-order valence-corrected chi connectivity index (χ0v) is 12.5. The van der Waals surface area contributed by atoms with Crippen LogP contribution in [0.25, 0.3) is 0 Å². The van der Waals surface area contributed by atoms with Gasteiger partial charge in [-0.1, -0.05) is 38.3 Å². The maximum Gasteiger partial charge on any atom is 0.170 e. The van der Waals surface area contributed by atoms with E-state index in [1.807, 2.05) is 18.2 Å². The van der Waals surface area contributed by atoms with Gasteiger partial charge in [0.1, 0.15) is 0 Å². The molecular weight excluding hydrogens is 256 g/mol. The lowest BCUT2D eigenvalue weighted by atomic mass is 10.1. The summed E-state index contributed by atoms with van der Waals surface area (Å²) in [6.45, 7) is 4.64. The second-order valence-corrected chi connectivity index (χ2v) is 4.99. The van der Waals surface area contributed by atoms with Crippen molar-refractivity contribution >= 4 is 28.8 Å². The first-order chi connectivity index (χ1) is 9.13. The number of unbranched alkanes of at least 4 members (excludes halogenated alkanes) is 3. The number of Topliss-reactive ketones (excluding diaryl/α,β-unsaturated/α-hetero) is 1. The average Bonchev–Trinajstić information content (AvgIpc) is 2.38. The average molecular weight is 278 g/mol. The number of nitrogens with one attached hydrogen (secondary N) is 2. The Labute approximate surface area is 120 Å². The maximum atomic E-state index is 11.3. The number of carbonyl (C=O) groups is 1. The number of carbonyl (C=O) groups excluding carboxylic acids is 1. The Balaban J connectivity index is 2.35. The van der Waals surface area contributed by atoms with Gasteiger partial charge in [-0.15, -0.1) is 0 Å². The van der Waals surface area contributed by atoms with Crippen molar-refractivity contribution in [1.82, 2.24) is 5.32 Å². The molecule has 0 unspecified atom stereocenters. The van der Waals surface area contributed by atoms with Crippen molar-refractivity contribution in [3.63, 3.8) is 0 Å². The summed E-state index contributed by atoms with van der Waals surface area (Å²) in [4.78, 5) is 11.3. The molecule has 0 amide bonds. The van der Waals surface area contributed by atoms with Crippen molar-refractivity contribution in [2.75, 3.05) is 11.9 Å². The van der Waals surface area contributed by atoms with Crippen LogP contribution in [0, 0.1) is 0 Å². The van der Waals surface area contributed by atoms with Crippen LogP contribution in [0.4, 0.5) is 5.69 Å². The van der Waals surface area contributed by atoms with Gasteiger partial charge >= 0.3 is 0 Å². The lowest BCUT2D eigenvalue weighted by molar-refractivity contribution is 0.101. The molecule has 1 aromatic carbocycles. The molecule has 0 atom stereocenters. The van der Waals surface area contributed by atoms with Crippen molar-refractivity contribution in [2.45, 2.75) is 39.5 Å². The highest BCUT2D eigenvalue weighted by Crippen LogP contribution is 2.11. The topological polar surface area (TPSA) is 41.1 Å². The molecule has 0 saturated carbocycles. The zero-order valence-electron chi connectivity index (χ0n) is 11.7. The molecule has 4 heteroatoms. The molecule has 2 N–H and O–H groups in total. The van der Waals surface area contributed by atoms with Gasteiger partial charge in [-0.05, 0) is 37.7 Å². The van der Waals surface area contributed by atoms with Gasteiger partial charge in [-0.25, -0.2) is 0 Å². The monoisotopic (exact) mass is 278 g/mol. The highest BCUT2D eigenvalue weighted by molar-refractivity contribution is 7.80. The van der Waals surface area contributed by atoms with E-state index in [9.17, 15) is 4.79 Å². The molecule has 1 aromatic rings. The molecule has 3 nitrogen and oxygen atoms in total. The van der Waals surface area contributed by atoms with Crippen molar-refractivity contribution in [2.24, 2.45) is 0 Å². The third kappa shape index (κ3) is 6.34. The van der Waals surface area contributed by atoms with Crippen molar-refractivity contribution in [3.8, 4) is 0 Å². The van der Waals surface area contributed by atoms with Crippen LogP contribution in [-0.2, 0) is 0 Å². The van der Waals surface area contributed by atoms with Gasteiger partial charge in [0.25, 0.3) is 0 Å². The number of thiocarbonyl (C=S) groups is 1. The van der Waals surface area contributed by atoms with Crippen molar-refractivity contribution < 1.29 is 4.79 Å². The summed E-state index contributed by atoms with van der Waals surface area (Å²) in [7, 11) is 0. The van der Waals surface area contributed by atoms with E-state index in [2.05, 4.69) is 17.6 Å². The Hall–Kier alpha value is -1.42. The summed E-state index contributed by atoms with van der Waals surface area (Å²) in [6, 6.07) is 7.36. The first-order valence-corrected chi connectivity index (χ1v) is 7.20. The summed E-state index contributed by atoms with van der Waals surface area (Å²) in [6.07, 6.45) is 4.86. The number of benzene rings is 1. The van der Waals surface area contributed by atoms with Crippen LogP contribution in [0.3, 0.4) is 0 Å². The predicted molar refractivity (Wildman–Crippen MR) is 84.8 cm³/mol. The molecule has 1 rings (SSSR count).